The van der Waals surface area contributed by atoms with E-state index in [2.05, 4.69) is 19.2 Å². The van der Waals surface area contributed by atoms with Crippen molar-refractivity contribution in [2.24, 2.45) is 0 Å². The minimum atomic E-state index is -0.0268. The second kappa shape index (κ2) is 7.28. The van der Waals surface area contributed by atoms with Crippen LogP contribution in [0.3, 0.4) is 0 Å². The molecule has 3 heteroatoms. The van der Waals surface area contributed by atoms with Crippen LogP contribution in [0.4, 0.5) is 5.69 Å². The predicted octanol–water partition coefficient (Wildman–Crippen LogP) is 5.58. The molecule has 0 unspecified atom stereocenters. The highest BCUT2D eigenvalue weighted by atomic mass is 35.5. The van der Waals surface area contributed by atoms with Crippen molar-refractivity contribution in [2.75, 3.05) is 5.32 Å². The largest absolute Gasteiger partial charge is 0.362 e. The molecule has 0 atom stereocenters. The highest BCUT2D eigenvalue weighted by Gasteiger charge is 2.03. The van der Waals surface area contributed by atoms with Gasteiger partial charge in [-0.25, -0.2) is 0 Å². The minimum Gasteiger partial charge on any atom is -0.362 e. The molecule has 0 heterocycles. The lowest BCUT2D eigenvalue weighted by atomic mass is 10.0. The van der Waals surface area contributed by atoms with E-state index < -0.39 is 0 Å². The Balaban J connectivity index is 2.00. The van der Waals surface area contributed by atoms with Crippen molar-refractivity contribution >= 4 is 23.1 Å². The first-order chi connectivity index (χ1) is 10.5. The van der Waals surface area contributed by atoms with Crippen LogP contribution in [0, 0.1) is 6.92 Å². The van der Waals surface area contributed by atoms with E-state index in [9.17, 15) is 4.79 Å². The van der Waals surface area contributed by atoms with Gasteiger partial charge < -0.3 is 5.32 Å². The van der Waals surface area contributed by atoms with E-state index in [4.69, 9.17) is 11.6 Å². The van der Waals surface area contributed by atoms with E-state index in [1.54, 1.807) is 6.20 Å². The van der Waals surface area contributed by atoms with Crippen molar-refractivity contribution in [1.29, 1.82) is 0 Å². The van der Waals surface area contributed by atoms with E-state index in [1.807, 2.05) is 49.4 Å². The van der Waals surface area contributed by atoms with Gasteiger partial charge in [0, 0.05) is 28.5 Å². The third-order valence-corrected chi connectivity index (χ3v) is 3.93. The lowest BCUT2D eigenvalue weighted by molar-refractivity contribution is 0.104. The molecule has 2 nitrogen and oxygen atoms in total. The fourth-order valence-corrected chi connectivity index (χ4v) is 2.21. The Hall–Kier alpha value is -2.06. The number of benzene rings is 2. The first kappa shape index (κ1) is 16.3. The first-order valence-corrected chi connectivity index (χ1v) is 7.68. The smallest absolute Gasteiger partial charge is 0.187 e. The molecule has 0 bridgehead atoms. The monoisotopic (exact) mass is 313 g/mol. The number of carbonyl (C=O) groups is 1. The number of carbonyl (C=O) groups excluding carboxylic acids is 1. The molecule has 0 saturated heterocycles. The number of hydrogen-bond donors (Lipinski definition) is 1. The number of anilines is 1. The molecule has 0 aliphatic rings. The Morgan fingerprint density at radius 1 is 1.14 bits per heavy atom. The summed E-state index contributed by atoms with van der Waals surface area (Å²) in [6, 6.07) is 13.4. The zero-order chi connectivity index (χ0) is 16.1. The summed E-state index contributed by atoms with van der Waals surface area (Å²) in [6.07, 6.45) is 3.16. The Morgan fingerprint density at radius 2 is 1.82 bits per heavy atom. The van der Waals surface area contributed by atoms with Gasteiger partial charge >= 0.3 is 0 Å². The maximum Gasteiger partial charge on any atom is 0.187 e. The Morgan fingerprint density at radius 3 is 2.41 bits per heavy atom. The van der Waals surface area contributed by atoms with Crippen LogP contribution in [0.2, 0.25) is 5.02 Å². The topological polar surface area (TPSA) is 29.1 Å². The van der Waals surface area contributed by atoms with Crippen LogP contribution in [0.5, 0.6) is 0 Å². The third-order valence-electron chi connectivity index (χ3n) is 3.52. The lowest BCUT2D eigenvalue weighted by Crippen LogP contribution is -1.97. The van der Waals surface area contributed by atoms with E-state index in [-0.39, 0.29) is 5.78 Å². The average Bonchev–Trinajstić information content (AvgIpc) is 2.51. The molecule has 2 aromatic carbocycles. The molecule has 0 radical (unpaired) electrons. The number of allylic oxidation sites excluding steroid dienone is 1. The molecule has 2 rings (SSSR count). The SMILES string of the molecule is Cc1ccc(N/C=C/C(=O)c2ccc(C(C)C)cc2)cc1Cl. The van der Waals surface area contributed by atoms with Gasteiger partial charge in [-0.2, -0.15) is 0 Å². The average molecular weight is 314 g/mol. The minimum absolute atomic E-state index is 0.0268. The van der Waals surface area contributed by atoms with Gasteiger partial charge in [-0.05, 0) is 36.1 Å². The summed E-state index contributed by atoms with van der Waals surface area (Å²) in [7, 11) is 0. The zero-order valence-corrected chi connectivity index (χ0v) is 13.8. The summed E-state index contributed by atoms with van der Waals surface area (Å²) < 4.78 is 0. The number of nitrogens with one attached hydrogen (secondary N) is 1. The third kappa shape index (κ3) is 4.22. The lowest BCUT2D eigenvalue weighted by Gasteiger charge is -2.05. The van der Waals surface area contributed by atoms with Crippen molar-refractivity contribution in [3.05, 3.63) is 76.5 Å². The first-order valence-electron chi connectivity index (χ1n) is 7.31. The van der Waals surface area contributed by atoms with Crippen LogP contribution < -0.4 is 5.32 Å². The maximum absolute atomic E-state index is 12.1. The second-order valence-corrected chi connectivity index (χ2v) is 5.99. The molecule has 0 aliphatic carbocycles. The quantitative estimate of drug-likeness (QED) is 0.576. The van der Waals surface area contributed by atoms with Crippen molar-refractivity contribution in [3.8, 4) is 0 Å². The van der Waals surface area contributed by atoms with Crippen molar-refractivity contribution < 1.29 is 4.79 Å². The van der Waals surface area contributed by atoms with Crippen LogP contribution in [0.1, 0.15) is 41.3 Å². The Kier molecular flexibility index (Phi) is 5.40. The molecule has 0 aromatic heterocycles. The molecule has 0 spiro atoms. The standard InChI is InChI=1S/C19H20ClNO/c1-13(2)15-5-7-16(8-6-15)19(22)10-11-21-17-9-4-14(3)18(20)12-17/h4-13,21H,1-3H3/b11-10+. The molecule has 1 N–H and O–H groups in total. The zero-order valence-electron chi connectivity index (χ0n) is 13.1. The number of halogens is 1. The molecule has 22 heavy (non-hydrogen) atoms. The van der Waals surface area contributed by atoms with Gasteiger partial charge in [0.25, 0.3) is 0 Å². The maximum atomic E-state index is 12.1. The molecule has 0 fully saturated rings. The van der Waals surface area contributed by atoms with Crippen molar-refractivity contribution in [1.82, 2.24) is 0 Å². The summed E-state index contributed by atoms with van der Waals surface area (Å²) in [6.45, 7) is 6.22. The van der Waals surface area contributed by atoms with Gasteiger partial charge in [0.15, 0.2) is 5.78 Å². The molecular formula is C19H20ClNO. The molecule has 0 amide bonds. The van der Waals surface area contributed by atoms with Gasteiger partial charge in [0.2, 0.25) is 0 Å². The van der Waals surface area contributed by atoms with Crippen LogP contribution in [-0.4, -0.2) is 5.78 Å². The Bertz CT molecular complexity index is 687. The molecule has 2 aromatic rings. The van der Waals surface area contributed by atoms with E-state index in [1.165, 1.54) is 11.6 Å². The van der Waals surface area contributed by atoms with Gasteiger partial charge in [0.05, 0.1) is 0 Å². The summed E-state index contributed by atoms with van der Waals surface area (Å²) in [4.78, 5) is 12.1. The highest BCUT2D eigenvalue weighted by molar-refractivity contribution is 6.31. The summed E-state index contributed by atoms with van der Waals surface area (Å²) in [5.74, 6) is 0.439. The van der Waals surface area contributed by atoms with E-state index >= 15 is 0 Å². The number of rotatable bonds is 5. The Labute approximate surface area is 136 Å². The fraction of sp³-hybridized carbons (Fsp3) is 0.211. The highest BCUT2D eigenvalue weighted by Crippen LogP contribution is 2.20. The van der Waals surface area contributed by atoms with E-state index in [0.717, 1.165) is 11.3 Å². The second-order valence-electron chi connectivity index (χ2n) is 5.58. The van der Waals surface area contributed by atoms with Crippen LogP contribution >= 0.6 is 11.6 Å². The van der Waals surface area contributed by atoms with Gasteiger partial charge in [-0.15, -0.1) is 0 Å². The van der Waals surface area contributed by atoms with Crippen molar-refractivity contribution in [2.45, 2.75) is 26.7 Å². The van der Waals surface area contributed by atoms with Gasteiger partial charge in [-0.3, -0.25) is 4.79 Å². The van der Waals surface area contributed by atoms with Crippen LogP contribution in [0.15, 0.2) is 54.7 Å². The molecule has 0 aliphatic heterocycles. The molecular weight excluding hydrogens is 294 g/mol. The van der Waals surface area contributed by atoms with Crippen LogP contribution in [0.25, 0.3) is 0 Å². The number of hydrogen-bond acceptors (Lipinski definition) is 2. The summed E-state index contributed by atoms with van der Waals surface area (Å²) >= 11 is 6.06. The number of aryl methyl sites for hydroxylation is 1. The number of ketones is 1. The van der Waals surface area contributed by atoms with Gasteiger partial charge in [-0.1, -0.05) is 55.8 Å². The van der Waals surface area contributed by atoms with Gasteiger partial charge in [0.1, 0.15) is 0 Å². The van der Waals surface area contributed by atoms with Crippen molar-refractivity contribution in [3.63, 3.8) is 0 Å². The molecule has 114 valence electrons. The predicted molar refractivity (Wildman–Crippen MR) is 93.8 cm³/mol. The summed E-state index contributed by atoms with van der Waals surface area (Å²) in [5, 5.41) is 3.76. The summed E-state index contributed by atoms with van der Waals surface area (Å²) in [5.41, 5.74) is 3.80. The normalized spacial score (nSPS) is 11.1. The van der Waals surface area contributed by atoms with E-state index in [0.29, 0.717) is 16.5 Å². The van der Waals surface area contributed by atoms with Crippen LogP contribution in [-0.2, 0) is 0 Å². The molecule has 0 saturated carbocycles. The fourth-order valence-electron chi connectivity index (χ4n) is 2.02.